The van der Waals surface area contributed by atoms with E-state index in [-0.39, 0.29) is 5.91 Å². The molecule has 29 heavy (non-hydrogen) atoms. The Morgan fingerprint density at radius 2 is 2.03 bits per heavy atom. The Morgan fingerprint density at radius 1 is 1.21 bits per heavy atom. The molecule has 0 aliphatic carbocycles. The highest BCUT2D eigenvalue weighted by Crippen LogP contribution is 2.25. The standard InChI is InChI=1S/C21H30N4O3S/c1-5-22-21(24-12-7-11-23-20(26)19-8-6-13-29-19)25(2)15-16-9-10-17(27-3)14-18(16)28-4/h6,8-10,13-14H,5,7,11-12,15H2,1-4H3,(H,22,24)(H,23,26). The molecule has 0 fully saturated rings. The van der Waals surface area contributed by atoms with Crippen LogP contribution < -0.4 is 20.1 Å². The molecular weight excluding hydrogens is 388 g/mol. The third-order valence-electron chi connectivity index (χ3n) is 4.23. The molecule has 158 valence electrons. The van der Waals surface area contributed by atoms with Crippen molar-refractivity contribution >= 4 is 23.2 Å². The van der Waals surface area contributed by atoms with E-state index in [2.05, 4.69) is 20.5 Å². The van der Waals surface area contributed by atoms with Crippen LogP contribution >= 0.6 is 11.3 Å². The number of nitrogens with one attached hydrogen (secondary N) is 2. The van der Waals surface area contributed by atoms with E-state index in [0.29, 0.717) is 19.6 Å². The fourth-order valence-electron chi connectivity index (χ4n) is 2.74. The van der Waals surface area contributed by atoms with Crippen LogP contribution in [0.4, 0.5) is 0 Å². The Hall–Kier alpha value is -2.74. The van der Waals surface area contributed by atoms with Gasteiger partial charge in [-0.2, -0.15) is 0 Å². The molecule has 2 aromatic rings. The van der Waals surface area contributed by atoms with E-state index < -0.39 is 0 Å². The number of hydrogen-bond donors (Lipinski definition) is 2. The number of rotatable bonds is 10. The summed E-state index contributed by atoms with van der Waals surface area (Å²) < 4.78 is 10.7. The summed E-state index contributed by atoms with van der Waals surface area (Å²) in [6, 6.07) is 9.50. The first-order chi connectivity index (χ1) is 14.1. The van der Waals surface area contributed by atoms with Crippen molar-refractivity contribution in [2.75, 3.05) is 40.9 Å². The predicted molar refractivity (Wildman–Crippen MR) is 118 cm³/mol. The van der Waals surface area contributed by atoms with Crippen molar-refractivity contribution in [1.82, 2.24) is 15.5 Å². The van der Waals surface area contributed by atoms with Gasteiger partial charge in [-0.05, 0) is 36.9 Å². The second-order valence-corrected chi connectivity index (χ2v) is 7.30. The molecule has 1 heterocycles. The van der Waals surface area contributed by atoms with Crippen LogP contribution in [0.15, 0.2) is 40.7 Å². The van der Waals surface area contributed by atoms with Crippen molar-refractivity contribution in [3.8, 4) is 11.5 Å². The van der Waals surface area contributed by atoms with Crippen LogP contribution in [0.5, 0.6) is 11.5 Å². The Balaban J connectivity index is 1.89. The first kappa shape index (κ1) is 22.5. The molecule has 0 saturated heterocycles. The van der Waals surface area contributed by atoms with Crippen LogP contribution in [0.2, 0.25) is 0 Å². The minimum atomic E-state index is -0.0281. The summed E-state index contributed by atoms with van der Waals surface area (Å²) in [6.45, 7) is 4.68. The van der Waals surface area contributed by atoms with Gasteiger partial charge in [0.15, 0.2) is 5.96 Å². The van der Waals surface area contributed by atoms with Crippen LogP contribution in [0.25, 0.3) is 0 Å². The van der Waals surface area contributed by atoms with Crippen LogP contribution in [0, 0.1) is 0 Å². The normalized spacial score (nSPS) is 11.1. The molecule has 1 amide bonds. The zero-order valence-electron chi connectivity index (χ0n) is 17.5. The van der Waals surface area contributed by atoms with E-state index in [0.717, 1.165) is 40.9 Å². The molecule has 0 unspecified atom stereocenters. The van der Waals surface area contributed by atoms with Gasteiger partial charge >= 0.3 is 0 Å². The number of aliphatic imine (C=N–C) groups is 1. The number of methoxy groups -OCH3 is 2. The zero-order chi connectivity index (χ0) is 21.1. The summed E-state index contributed by atoms with van der Waals surface area (Å²) in [7, 11) is 5.28. The fraction of sp³-hybridized carbons (Fsp3) is 0.429. The van der Waals surface area contributed by atoms with Gasteiger partial charge in [0.1, 0.15) is 11.5 Å². The topological polar surface area (TPSA) is 75.2 Å². The van der Waals surface area contributed by atoms with Crippen molar-refractivity contribution in [3.05, 3.63) is 46.2 Å². The van der Waals surface area contributed by atoms with Crippen LogP contribution in [0.1, 0.15) is 28.6 Å². The second kappa shape index (κ2) is 12.0. The van der Waals surface area contributed by atoms with Gasteiger partial charge < -0.3 is 25.0 Å². The van der Waals surface area contributed by atoms with Gasteiger partial charge in [0.05, 0.1) is 19.1 Å². The highest BCUT2D eigenvalue weighted by molar-refractivity contribution is 7.12. The van der Waals surface area contributed by atoms with Gasteiger partial charge in [-0.1, -0.05) is 6.07 Å². The number of hydrogen-bond acceptors (Lipinski definition) is 5. The van der Waals surface area contributed by atoms with Crippen LogP contribution in [-0.2, 0) is 6.54 Å². The van der Waals surface area contributed by atoms with E-state index in [1.165, 1.54) is 11.3 Å². The van der Waals surface area contributed by atoms with Gasteiger partial charge in [-0.25, -0.2) is 0 Å². The molecule has 1 aromatic carbocycles. The first-order valence-corrected chi connectivity index (χ1v) is 10.5. The average molecular weight is 419 g/mol. The summed E-state index contributed by atoms with van der Waals surface area (Å²) >= 11 is 1.44. The zero-order valence-corrected chi connectivity index (χ0v) is 18.3. The van der Waals surface area contributed by atoms with Gasteiger partial charge in [0, 0.05) is 44.9 Å². The van der Waals surface area contributed by atoms with Crippen molar-refractivity contribution in [2.45, 2.75) is 19.9 Å². The Labute approximate surface area is 176 Å². The Bertz CT molecular complexity index is 793. The van der Waals surface area contributed by atoms with E-state index in [9.17, 15) is 4.79 Å². The summed E-state index contributed by atoms with van der Waals surface area (Å²) in [5, 5.41) is 8.13. The number of amides is 1. The number of nitrogens with zero attached hydrogens (tertiary/aromatic N) is 2. The SMILES string of the molecule is CCNC(=NCCCNC(=O)c1cccs1)N(C)Cc1ccc(OC)cc1OC. The summed E-state index contributed by atoms with van der Waals surface area (Å²) in [6.07, 6.45) is 0.770. The monoisotopic (exact) mass is 418 g/mol. The number of ether oxygens (including phenoxy) is 2. The van der Waals surface area contributed by atoms with E-state index in [4.69, 9.17) is 9.47 Å². The number of benzene rings is 1. The van der Waals surface area contributed by atoms with E-state index >= 15 is 0 Å². The second-order valence-electron chi connectivity index (χ2n) is 6.36. The molecule has 8 heteroatoms. The smallest absolute Gasteiger partial charge is 0.261 e. The molecule has 0 atom stereocenters. The number of thiophene rings is 1. The molecule has 0 radical (unpaired) electrons. The molecular formula is C21H30N4O3S. The number of guanidine groups is 1. The summed E-state index contributed by atoms with van der Waals surface area (Å²) in [5.74, 6) is 2.33. The number of carbonyl (C=O) groups is 1. The van der Waals surface area contributed by atoms with Gasteiger partial charge in [-0.3, -0.25) is 9.79 Å². The first-order valence-electron chi connectivity index (χ1n) is 9.61. The molecule has 1 aromatic heterocycles. The van der Waals surface area contributed by atoms with Crippen molar-refractivity contribution in [1.29, 1.82) is 0 Å². The lowest BCUT2D eigenvalue weighted by molar-refractivity contribution is 0.0957. The highest BCUT2D eigenvalue weighted by Gasteiger charge is 2.11. The van der Waals surface area contributed by atoms with Gasteiger partial charge in [0.25, 0.3) is 5.91 Å². The van der Waals surface area contributed by atoms with Crippen molar-refractivity contribution in [2.24, 2.45) is 4.99 Å². The quantitative estimate of drug-likeness (QED) is 0.352. The lowest BCUT2D eigenvalue weighted by atomic mass is 10.2. The summed E-state index contributed by atoms with van der Waals surface area (Å²) in [5.41, 5.74) is 1.05. The Morgan fingerprint density at radius 3 is 2.69 bits per heavy atom. The molecule has 0 saturated carbocycles. The van der Waals surface area contributed by atoms with Crippen LogP contribution in [-0.4, -0.2) is 57.7 Å². The maximum absolute atomic E-state index is 11.9. The Kier molecular flexibility index (Phi) is 9.30. The van der Waals surface area contributed by atoms with E-state index in [1.54, 1.807) is 14.2 Å². The largest absolute Gasteiger partial charge is 0.497 e. The minimum Gasteiger partial charge on any atom is -0.497 e. The lowest BCUT2D eigenvalue weighted by Gasteiger charge is -2.23. The third kappa shape index (κ3) is 6.98. The van der Waals surface area contributed by atoms with Crippen molar-refractivity contribution < 1.29 is 14.3 Å². The third-order valence-corrected chi connectivity index (χ3v) is 5.09. The van der Waals surface area contributed by atoms with Crippen molar-refractivity contribution in [3.63, 3.8) is 0 Å². The minimum absolute atomic E-state index is 0.0281. The molecule has 2 N–H and O–H groups in total. The molecule has 7 nitrogen and oxygen atoms in total. The van der Waals surface area contributed by atoms with Crippen LogP contribution in [0.3, 0.4) is 0 Å². The molecule has 0 spiro atoms. The van der Waals surface area contributed by atoms with E-state index in [1.807, 2.05) is 49.7 Å². The highest BCUT2D eigenvalue weighted by atomic mass is 32.1. The summed E-state index contributed by atoms with van der Waals surface area (Å²) in [4.78, 5) is 19.4. The van der Waals surface area contributed by atoms with Gasteiger partial charge in [0.2, 0.25) is 0 Å². The molecule has 2 rings (SSSR count). The lowest BCUT2D eigenvalue weighted by Crippen LogP contribution is -2.38. The molecule has 0 bridgehead atoms. The average Bonchev–Trinajstić information content (AvgIpc) is 3.27. The maximum atomic E-state index is 11.9. The fourth-order valence-corrected chi connectivity index (χ4v) is 3.38. The number of carbonyl (C=O) groups excluding carboxylic acids is 1. The molecule has 0 aliphatic heterocycles. The van der Waals surface area contributed by atoms with Gasteiger partial charge in [-0.15, -0.1) is 11.3 Å². The predicted octanol–water partition coefficient (Wildman–Crippen LogP) is 2.98. The maximum Gasteiger partial charge on any atom is 0.261 e. The molecule has 0 aliphatic rings.